The topological polar surface area (TPSA) is 80.5 Å². The van der Waals surface area contributed by atoms with Crippen LogP contribution in [0.25, 0.3) is 10.8 Å². The molecule has 1 unspecified atom stereocenters. The van der Waals surface area contributed by atoms with Gasteiger partial charge < -0.3 is 14.6 Å². The van der Waals surface area contributed by atoms with Gasteiger partial charge in [-0.3, -0.25) is 0 Å². The van der Waals surface area contributed by atoms with Crippen molar-refractivity contribution in [3.8, 4) is 11.5 Å². The van der Waals surface area contributed by atoms with Crippen LogP contribution in [0.15, 0.2) is 83.0 Å². The maximum atomic E-state index is 11.7. The average Bonchev–Trinajstić information content (AvgIpc) is 2.68. The Hall–Kier alpha value is -3.67. The van der Waals surface area contributed by atoms with E-state index in [1.807, 2.05) is 54.6 Å². The number of hydrogen-bond acceptors (Lipinski definition) is 6. The molecule has 1 N–H and O–H groups in total. The van der Waals surface area contributed by atoms with Crippen molar-refractivity contribution in [1.82, 2.24) is 0 Å². The van der Waals surface area contributed by atoms with Crippen LogP contribution < -0.4 is 4.74 Å². The Labute approximate surface area is 162 Å². The van der Waals surface area contributed by atoms with Crippen molar-refractivity contribution in [3.05, 3.63) is 72.8 Å². The molecule has 28 heavy (non-hydrogen) atoms. The summed E-state index contributed by atoms with van der Waals surface area (Å²) < 4.78 is 10.9. The van der Waals surface area contributed by atoms with E-state index in [2.05, 4.69) is 16.8 Å². The first-order valence-corrected chi connectivity index (χ1v) is 8.70. The van der Waals surface area contributed by atoms with Gasteiger partial charge in [0.05, 0.1) is 5.69 Å². The van der Waals surface area contributed by atoms with Crippen molar-refractivity contribution in [3.63, 3.8) is 0 Å². The molecule has 1 atom stereocenters. The summed E-state index contributed by atoms with van der Waals surface area (Å²) in [5.41, 5.74) is 1.28. The first-order chi connectivity index (χ1) is 13.5. The predicted molar refractivity (Wildman–Crippen MR) is 107 cm³/mol. The third-order valence-electron chi connectivity index (χ3n) is 3.89. The molecule has 0 aliphatic carbocycles. The second-order valence-corrected chi connectivity index (χ2v) is 6.19. The first-order valence-electron chi connectivity index (χ1n) is 8.70. The van der Waals surface area contributed by atoms with E-state index in [4.69, 9.17) is 9.47 Å². The molecule has 3 aromatic rings. The van der Waals surface area contributed by atoms with E-state index < -0.39 is 12.3 Å². The SMILES string of the molecule is C=C(C)C(=O)OC(C)Oc1cc(O)c(N=Nc2ccccc2)c2ccccc12. The molecule has 0 heterocycles. The fourth-order valence-electron chi connectivity index (χ4n) is 2.57. The van der Waals surface area contributed by atoms with Crippen molar-refractivity contribution in [2.75, 3.05) is 0 Å². The van der Waals surface area contributed by atoms with Crippen LogP contribution in [0, 0.1) is 0 Å². The molecular formula is C22H20N2O4. The summed E-state index contributed by atoms with van der Waals surface area (Å²) in [6.07, 6.45) is -0.858. The van der Waals surface area contributed by atoms with Crippen LogP contribution in [0.5, 0.6) is 11.5 Å². The molecule has 0 aromatic heterocycles. The lowest BCUT2D eigenvalue weighted by Gasteiger charge is -2.17. The standard InChI is InChI=1S/C22H20N2O4/c1-14(2)22(26)28-15(3)27-20-13-19(25)21(18-12-8-7-11-17(18)20)24-23-16-9-5-4-6-10-16/h4-13,15,25H,1H2,2-3H3. The van der Waals surface area contributed by atoms with E-state index in [0.717, 1.165) is 0 Å². The Morgan fingerprint density at radius 1 is 1.04 bits per heavy atom. The van der Waals surface area contributed by atoms with Gasteiger partial charge in [-0.15, -0.1) is 5.11 Å². The fraction of sp³-hybridized carbons (Fsp3) is 0.136. The van der Waals surface area contributed by atoms with Gasteiger partial charge >= 0.3 is 5.97 Å². The number of aromatic hydroxyl groups is 1. The highest BCUT2D eigenvalue weighted by Gasteiger charge is 2.16. The Morgan fingerprint density at radius 2 is 1.68 bits per heavy atom. The second kappa shape index (κ2) is 8.35. The van der Waals surface area contributed by atoms with Gasteiger partial charge in [0.1, 0.15) is 17.2 Å². The predicted octanol–water partition coefficient (Wildman–Crippen LogP) is 5.80. The number of azo groups is 1. The smallest absolute Gasteiger partial charge is 0.336 e. The summed E-state index contributed by atoms with van der Waals surface area (Å²) in [6.45, 7) is 6.69. The Morgan fingerprint density at radius 3 is 2.36 bits per heavy atom. The van der Waals surface area contributed by atoms with Crippen molar-refractivity contribution in [1.29, 1.82) is 0 Å². The lowest BCUT2D eigenvalue weighted by molar-refractivity contribution is -0.156. The normalized spacial score (nSPS) is 12.1. The molecule has 142 valence electrons. The third kappa shape index (κ3) is 4.35. The lowest BCUT2D eigenvalue weighted by atomic mass is 10.1. The number of nitrogens with zero attached hydrogens (tertiary/aromatic N) is 2. The summed E-state index contributed by atoms with van der Waals surface area (Å²) in [6, 6.07) is 18.0. The molecule has 6 nitrogen and oxygen atoms in total. The average molecular weight is 376 g/mol. The number of hydrogen-bond donors (Lipinski definition) is 1. The van der Waals surface area contributed by atoms with Crippen molar-refractivity contribution < 1.29 is 19.4 Å². The molecule has 0 aliphatic heterocycles. The molecule has 0 fully saturated rings. The number of benzene rings is 3. The highest BCUT2D eigenvalue weighted by molar-refractivity contribution is 5.99. The zero-order chi connectivity index (χ0) is 20.1. The van der Waals surface area contributed by atoms with Crippen LogP contribution in [0.2, 0.25) is 0 Å². The van der Waals surface area contributed by atoms with Gasteiger partial charge in [0.2, 0.25) is 6.29 Å². The maximum absolute atomic E-state index is 11.7. The zero-order valence-corrected chi connectivity index (χ0v) is 15.6. The summed E-state index contributed by atoms with van der Waals surface area (Å²) in [4.78, 5) is 11.7. The molecule has 3 aromatic carbocycles. The minimum atomic E-state index is -0.858. The molecular weight excluding hydrogens is 356 g/mol. The van der Waals surface area contributed by atoms with Crippen LogP contribution in [0.3, 0.4) is 0 Å². The largest absolute Gasteiger partial charge is 0.505 e. The molecule has 3 rings (SSSR count). The number of carbonyl (C=O) groups excluding carboxylic acids is 1. The minimum absolute atomic E-state index is 0.0909. The first kappa shape index (κ1) is 19.1. The van der Waals surface area contributed by atoms with Crippen molar-refractivity contribution in [2.45, 2.75) is 20.1 Å². The van der Waals surface area contributed by atoms with E-state index in [9.17, 15) is 9.90 Å². The van der Waals surface area contributed by atoms with Crippen LogP contribution >= 0.6 is 0 Å². The van der Waals surface area contributed by atoms with Crippen LogP contribution in [0.4, 0.5) is 11.4 Å². The van der Waals surface area contributed by atoms with Gasteiger partial charge in [0, 0.05) is 29.3 Å². The Kier molecular flexibility index (Phi) is 5.69. The maximum Gasteiger partial charge on any atom is 0.336 e. The van der Waals surface area contributed by atoms with Gasteiger partial charge in [-0.05, 0) is 19.1 Å². The summed E-state index contributed by atoms with van der Waals surface area (Å²) in [5, 5.41) is 20.3. The van der Waals surface area contributed by atoms with Crippen LogP contribution in [0.1, 0.15) is 13.8 Å². The fourth-order valence-corrected chi connectivity index (χ4v) is 2.57. The van der Waals surface area contributed by atoms with Gasteiger partial charge in [-0.1, -0.05) is 49.0 Å². The molecule has 0 amide bonds. The number of rotatable bonds is 6. The zero-order valence-electron chi connectivity index (χ0n) is 15.6. The molecule has 0 saturated carbocycles. The van der Waals surface area contributed by atoms with E-state index in [-0.39, 0.29) is 11.3 Å². The number of fused-ring (bicyclic) bond motifs is 1. The van der Waals surface area contributed by atoms with E-state index >= 15 is 0 Å². The molecule has 0 spiro atoms. The van der Waals surface area contributed by atoms with Crippen molar-refractivity contribution in [2.24, 2.45) is 10.2 Å². The third-order valence-corrected chi connectivity index (χ3v) is 3.89. The monoisotopic (exact) mass is 376 g/mol. The molecule has 0 aliphatic rings. The van der Waals surface area contributed by atoms with E-state index in [1.165, 1.54) is 6.07 Å². The summed E-state index contributed by atoms with van der Waals surface area (Å²) >= 11 is 0. The lowest BCUT2D eigenvalue weighted by Crippen LogP contribution is -2.21. The number of carbonyl (C=O) groups is 1. The number of phenols is 1. The molecule has 0 bridgehead atoms. The van der Waals surface area contributed by atoms with Gasteiger partial charge in [0.15, 0.2) is 0 Å². The van der Waals surface area contributed by atoms with E-state index in [0.29, 0.717) is 27.9 Å². The molecule has 0 saturated heterocycles. The number of esters is 1. The minimum Gasteiger partial charge on any atom is -0.505 e. The molecule has 6 heteroatoms. The summed E-state index contributed by atoms with van der Waals surface area (Å²) in [7, 11) is 0. The Balaban J connectivity index is 1.95. The number of ether oxygens (including phenoxy) is 2. The van der Waals surface area contributed by atoms with E-state index in [1.54, 1.807) is 13.8 Å². The quantitative estimate of drug-likeness (QED) is 0.255. The molecule has 0 radical (unpaired) electrons. The van der Waals surface area contributed by atoms with Gasteiger partial charge in [0.25, 0.3) is 0 Å². The van der Waals surface area contributed by atoms with Crippen molar-refractivity contribution >= 4 is 28.1 Å². The van der Waals surface area contributed by atoms with Gasteiger partial charge in [-0.25, -0.2) is 4.79 Å². The van der Waals surface area contributed by atoms with Crippen LogP contribution in [-0.4, -0.2) is 17.4 Å². The summed E-state index contributed by atoms with van der Waals surface area (Å²) in [5.74, 6) is -0.269. The number of phenolic OH excluding ortho intramolecular Hbond substituents is 1. The van der Waals surface area contributed by atoms with Gasteiger partial charge in [-0.2, -0.15) is 5.11 Å². The van der Waals surface area contributed by atoms with Crippen LogP contribution in [-0.2, 0) is 9.53 Å². The second-order valence-electron chi connectivity index (χ2n) is 6.19. The Bertz CT molecular complexity index is 1050. The highest BCUT2D eigenvalue weighted by atomic mass is 16.7. The highest BCUT2D eigenvalue weighted by Crippen LogP contribution is 2.41.